The maximum absolute atomic E-state index is 13.3. The van der Waals surface area contributed by atoms with Crippen LogP contribution in [0.3, 0.4) is 0 Å². The number of aromatic nitrogens is 5. The van der Waals surface area contributed by atoms with Crippen LogP contribution >= 0.6 is 23.1 Å². The predicted molar refractivity (Wildman–Crippen MR) is 138 cm³/mol. The van der Waals surface area contributed by atoms with Crippen molar-refractivity contribution in [3.05, 3.63) is 54.3 Å². The quantitative estimate of drug-likeness (QED) is 0.219. The molecule has 0 radical (unpaired) electrons. The Kier molecular flexibility index (Phi) is 8.62. The lowest BCUT2D eigenvalue weighted by Crippen LogP contribution is -2.22. The molecule has 188 valence electrons. The van der Waals surface area contributed by atoms with Gasteiger partial charge in [-0.25, -0.2) is 4.39 Å². The molecule has 36 heavy (non-hydrogen) atoms. The van der Waals surface area contributed by atoms with E-state index in [1.807, 2.05) is 35.8 Å². The molecule has 0 spiro atoms. The van der Waals surface area contributed by atoms with E-state index < -0.39 is 5.25 Å². The number of anilines is 1. The van der Waals surface area contributed by atoms with Crippen molar-refractivity contribution in [3.8, 4) is 27.7 Å². The predicted octanol–water partition coefficient (Wildman–Crippen LogP) is 4.77. The van der Waals surface area contributed by atoms with Gasteiger partial charge in [0.05, 0.1) is 11.9 Å². The standard InChI is InChI=1S/C24H25FN6O3S2/c1-4-31-20(16-5-9-18(25)10-6-16)27-30-24(31)35-15(2)21(32)26-23-29-28-22(36-23)17-7-11-19(12-8-17)34-14-13-33-3/h5-12,15H,4,13-14H2,1-3H3,(H,26,29,32). The highest BCUT2D eigenvalue weighted by molar-refractivity contribution is 8.00. The molecule has 12 heteroatoms. The molecule has 0 fully saturated rings. The number of hydrogen-bond donors (Lipinski definition) is 1. The molecule has 0 aliphatic carbocycles. The first-order valence-electron chi connectivity index (χ1n) is 11.2. The van der Waals surface area contributed by atoms with Crippen LogP contribution in [0.1, 0.15) is 13.8 Å². The molecule has 0 aliphatic rings. The molecule has 2 aromatic heterocycles. The minimum absolute atomic E-state index is 0.224. The molecule has 0 aliphatic heterocycles. The number of carbonyl (C=O) groups excluding carboxylic acids is 1. The Balaban J connectivity index is 1.38. The number of thioether (sulfide) groups is 1. The SMILES string of the molecule is CCn1c(SC(C)C(=O)Nc2nnc(-c3ccc(OCCOC)cc3)s2)nnc1-c1ccc(F)cc1. The summed E-state index contributed by atoms with van der Waals surface area (Å²) in [5, 5.41) is 20.9. The monoisotopic (exact) mass is 528 g/mol. The molecule has 0 saturated carbocycles. The van der Waals surface area contributed by atoms with Crippen LogP contribution in [0.2, 0.25) is 0 Å². The molecular weight excluding hydrogens is 503 g/mol. The second kappa shape index (κ2) is 12.1. The lowest BCUT2D eigenvalue weighted by molar-refractivity contribution is -0.115. The number of amides is 1. The zero-order chi connectivity index (χ0) is 25.5. The topological polar surface area (TPSA) is 104 Å². The Morgan fingerprint density at radius 2 is 1.78 bits per heavy atom. The van der Waals surface area contributed by atoms with Crippen LogP contribution in [0.15, 0.2) is 53.7 Å². The van der Waals surface area contributed by atoms with Gasteiger partial charge in [0.1, 0.15) is 23.2 Å². The third kappa shape index (κ3) is 6.25. The number of benzene rings is 2. The summed E-state index contributed by atoms with van der Waals surface area (Å²) < 4.78 is 25.7. The maximum atomic E-state index is 13.3. The number of hydrogen-bond acceptors (Lipinski definition) is 9. The third-order valence-electron chi connectivity index (χ3n) is 5.10. The Morgan fingerprint density at radius 1 is 1.06 bits per heavy atom. The molecule has 1 atom stereocenters. The van der Waals surface area contributed by atoms with Crippen molar-refractivity contribution < 1.29 is 18.7 Å². The van der Waals surface area contributed by atoms with E-state index in [4.69, 9.17) is 9.47 Å². The lowest BCUT2D eigenvalue weighted by Gasteiger charge is -2.11. The van der Waals surface area contributed by atoms with E-state index in [0.29, 0.717) is 40.9 Å². The first kappa shape index (κ1) is 25.7. The van der Waals surface area contributed by atoms with Crippen LogP contribution in [0, 0.1) is 5.82 Å². The highest BCUT2D eigenvalue weighted by Gasteiger charge is 2.21. The highest BCUT2D eigenvalue weighted by Crippen LogP contribution is 2.30. The molecule has 9 nitrogen and oxygen atoms in total. The summed E-state index contributed by atoms with van der Waals surface area (Å²) in [5.41, 5.74) is 1.63. The van der Waals surface area contributed by atoms with Crippen molar-refractivity contribution in [2.45, 2.75) is 30.8 Å². The molecule has 2 heterocycles. The van der Waals surface area contributed by atoms with Crippen molar-refractivity contribution in [3.63, 3.8) is 0 Å². The fourth-order valence-electron chi connectivity index (χ4n) is 3.22. The summed E-state index contributed by atoms with van der Waals surface area (Å²) in [6.07, 6.45) is 0. The van der Waals surface area contributed by atoms with E-state index in [0.717, 1.165) is 16.9 Å². The normalized spacial score (nSPS) is 11.9. The van der Waals surface area contributed by atoms with Crippen molar-refractivity contribution in [1.82, 2.24) is 25.0 Å². The average Bonchev–Trinajstić information content (AvgIpc) is 3.52. The van der Waals surface area contributed by atoms with Crippen molar-refractivity contribution in [2.75, 3.05) is 25.6 Å². The van der Waals surface area contributed by atoms with Gasteiger partial charge < -0.3 is 14.0 Å². The average molecular weight is 529 g/mol. The molecule has 2 aromatic carbocycles. The zero-order valence-electron chi connectivity index (χ0n) is 20.0. The van der Waals surface area contributed by atoms with E-state index in [-0.39, 0.29) is 11.7 Å². The largest absolute Gasteiger partial charge is 0.491 e. The Morgan fingerprint density at radius 3 is 2.47 bits per heavy atom. The molecule has 0 saturated heterocycles. The minimum atomic E-state index is -0.462. The molecular formula is C24H25FN6O3S2. The van der Waals surface area contributed by atoms with Crippen molar-refractivity contribution >= 4 is 34.1 Å². The molecule has 1 N–H and O–H groups in total. The highest BCUT2D eigenvalue weighted by atomic mass is 32.2. The summed E-state index contributed by atoms with van der Waals surface area (Å²) in [7, 11) is 1.63. The Labute approximate surface area is 216 Å². The van der Waals surface area contributed by atoms with Gasteiger partial charge in [0.2, 0.25) is 11.0 Å². The lowest BCUT2D eigenvalue weighted by atomic mass is 10.2. The van der Waals surface area contributed by atoms with Gasteiger partial charge in [-0.2, -0.15) is 0 Å². The van der Waals surface area contributed by atoms with E-state index in [9.17, 15) is 9.18 Å². The first-order valence-corrected chi connectivity index (χ1v) is 12.9. The first-order chi connectivity index (χ1) is 17.5. The second-order valence-corrected chi connectivity index (χ2v) is 9.87. The fourth-order valence-corrected chi connectivity index (χ4v) is 4.88. The van der Waals surface area contributed by atoms with Gasteiger partial charge in [-0.1, -0.05) is 23.1 Å². The maximum Gasteiger partial charge on any atom is 0.239 e. The van der Waals surface area contributed by atoms with E-state index in [2.05, 4.69) is 25.7 Å². The molecule has 0 bridgehead atoms. The van der Waals surface area contributed by atoms with Crippen LogP contribution < -0.4 is 10.1 Å². The summed E-state index contributed by atoms with van der Waals surface area (Å²) in [6, 6.07) is 13.6. The number of ether oxygens (including phenoxy) is 2. The van der Waals surface area contributed by atoms with E-state index >= 15 is 0 Å². The summed E-state index contributed by atoms with van der Waals surface area (Å²) in [4.78, 5) is 12.8. The number of carbonyl (C=O) groups is 1. The smallest absolute Gasteiger partial charge is 0.239 e. The zero-order valence-corrected chi connectivity index (χ0v) is 21.6. The van der Waals surface area contributed by atoms with Gasteiger partial charge in [0, 0.05) is 24.8 Å². The Bertz CT molecular complexity index is 1290. The Hall–Kier alpha value is -3.35. The van der Waals surface area contributed by atoms with Crippen LogP contribution in [-0.2, 0) is 16.1 Å². The summed E-state index contributed by atoms with van der Waals surface area (Å²) in [6.45, 7) is 5.35. The van der Waals surface area contributed by atoms with Crippen molar-refractivity contribution in [2.24, 2.45) is 0 Å². The summed E-state index contributed by atoms with van der Waals surface area (Å²) >= 11 is 2.58. The van der Waals surface area contributed by atoms with Crippen molar-refractivity contribution in [1.29, 1.82) is 0 Å². The summed E-state index contributed by atoms with van der Waals surface area (Å²) in [5.74, 6) is 0.822. The fraction of sp³-hybridized carbons (Fsp3) is 0.292. The number of nitrogens with zero attached hydrogens (tertiary/aromatic N) is 5. The number of halogens is 1. The third-order valence-corrected chi connectivity index (χ3v) is 7.07. The van der Waals surface area contributed by atoms with Crippen LogP contribution in [-0.4, -0.2) is 56.4 Å². The minimum Gasteiger partial charge on any atom is -0.491 e. The van der Waals surface area contributed by atoms with E-state index in [1.54, 1.807) is 26.2 Å². The second-order valence-electron chi connectivity index (χ2n) is 7.58. The van der Waals surface area contributed by atoms with E-state index in [1.165, 1.54) is 35.2 Å². The molecule has 4 aromatic rings. The molecule has 1 unspecified atom stereocenters. The molecule has 1 amide bonds. The van der Waals surface area contributed by atoms with Gasteiger partial charge >= 0.3 is 0 Å². The van der Waals surface area contributed by atoms with Crippen LogP contribution in [0.5, 0.6) is 5.75 Å². The van der Waals surface area contributed by atoms with Gasteiger partial charge in [-0.3, -0.25) is 10.1 Å². The van der Waals surface area contributed by atoms with Gasteiger partial charge in [0.25, 0.3) is 0 Å². The number of rotatable bonds is 11. The van der Waals surface area contributed by atoms with Crippen LogP contribution in [0.4, 0.5) is 9.52 Å². The number of methoxy groups -OCH3 is 1. The number of nitrogens with one attached hydrogen (secondary N) is 1. The van der Waals surface area contributed by atoms with Gasteiger partial charge in [0.15, 0.2) is 11.0 Å². The molecule has 4 rings (SSSR count). The van der Waals surface area contributed by atoms with Gasteiger partial charge in [-0.15, -0.1) is 20.4 Å². The van der Waals surface area contributed by atoms with Crippen LogP contribution in [0.25, 0.3) is 22.0 Å². The van der Waals surface area contributed by atoms with Gasteiger partial charge in [-0.05, 0) is 62.4 Å².